The summed E-state index contributed by atoms with van der Waals surface area (Å²) in [6.07, 6.45) is 5.54. The van der Waals surface area contributed by atoms with Crippen LogP contribution in [0.4, 0.5) is 9.39 Å². The zero-order chi connectivity index (χ0) is 24.1. The molecule has 34 heavy (non-hydrogen) atoms. The Kier molecular flexibility index (Phi) is 7.79. The maximum atomic E-state index is 13.3. The van der Waals surface area contributed by atoms with Crippen LogP contribution in [0.3, 0.4) is 0 Å². The van der Waals surface area contributed by atoms with Gasteiger partial charge in [0.2, 0.25) is 5.91 Å². The van der Waals surface area contributed by atoms with Crippen LogP contribution in [0.2, 0.25) is 0 Å². The van der Waals surface area contributed by atoms with Gasteiger partial charge in [-0.1, -0.05) is 17.8 Å². The van der Waals surface area contributed by atoms with E-state index in [1.54, 1.807) is 25.1 Å². The number of fused-ring (bicyclic) bond motifs is 1. The summed E-state index contributed by atoms with van der Waals surface area (Å²) in [6.45, 7) is 6.27. The quantitative estimate of drug-likeness (QED) is 0.249. The standard InChI is InChI=1S/C24H25FN4O3S2/c1-3-13-29-21(15-9-11-16(25)12-10-15)27-28-24(29)33-14-19(30)26-22-20(23(31)32-4-2)17-7-5-6-8-18(17)34-22/h3,9-12H,1,4-8,13-14H2,2H3,(H,26,30). The molecule has 1 aliphatic carbocycles. The molecule has 0 bridgehead atoms. The van der Waals surface area contributed by atoms with E-state index in [0.29, 0.717) is 28.1 Å². The van der Waals surface area contributed by atoms with Crippen LogP contribution in [0, 0.1) is 5.82 Å². The van der Waals surface area contributed by atoms with Gasteiger partial charge in [-0.05, 0) is 62.4 Å². The third-order valence-electron chi connectivity index (χ3n) is 5.37. The van der Waals surface area contributed by atoms with Gasteiger partial charge in [-0.25, -0.2) is 9.18 Å². The molecule has 0 aliphatic heterocycles. The minimum Gasteiger partial charge on any atom is -0.462 e. The van der Waals surface area contributed by atoms with E-state index in [-0.39, 0.29) is 30.1 Å². The van der Waals surface area contributed by atoms with E-state index in [1.165, 1.54) is 35.2 Å². The number of carbonyl (C=O) groups is 2. The molecule has 0 unspecified atom stereocenters. The normalized spacial score (nSPS) is 12.8. The predicted octanol–water partition coefficient (Wildman–Crippen LogP) is 5.12. The number of esters is 1. The topological polar surface area (TPSA) is 86.1 Å². The highest BCUT2D eigenvalue weighted by Gasteiger charge is 2.27. The summed E-state index contributed by atoms with van der Waals surface area (Å²) in [5.74, 6) is -0.311. The fraction of sp³-hybridized carbons (Fsp3) is 0.333. The Labute approximate surface area is 205 Å². The number of aryl methyl sites for hydroxylation is 1. The number of ether oxygens (including phenoxy) is 1. The van der Waals surface area contributed by atoms with E-state index in [2.05, 4.69) is 22.1 Å². The molecule has 0 radical (unpaired) electrons. The van der Waals surface area contributed by atoms with Crippen molar-refractivity contribution in [3.63, 3.8) is 0 Å². The molecular weight excluding hydrogens is 475 g/mol. The smallest absolute Gasteiger partial charge is 0.341 e. The molecule has 2 heterocycles. The molecule has 0 spiro atoms. The van der Waals surface area contributed by atoms with Gasteiger partial charge < -0.3 is 10.1 Å². The molecule has 2 aromatic heterocycles. The zero-order valence-corrected chi connectivity index (χ0v) is 20.4. The second kappa shape index (κ2) is 11.0. The molecule has 0 atom stereocenters. The molecule has 178 valence electrons. The number of nitrogens with zero attached hydrogens (tertiary/aromatic N) is 3. The number of thioether (sulfide) groups is 1. The first-order chi connectivity index (χ1) is 16.5. The van der Waals surface area contributed by atoms with Crippen LogP contribution in [0.1, 0.15) is 40.6 Å². The summed E-state index contributed by atoms with van der Waals surface area (Å²) in [6, 6.07) is 6.00. The second-order valence-corrected chi connectivity index (χ2v) is 9.73. The van der Waals surface area contributed by atoms with Crippen molar-refractivity contribution in [2.45, 2.75) is 44.3 Å². The lowest BCUT2D eigenvalue weighted by molar-refractivity contribution is -0.113. The van der Waals surface area contributed by atoms with Crippen molar-refractivity contribution in [2.75, 3.05) is 17.7 Å². The molecule has 1 aromatic carbocycles. The highest BCUT2D eigenvalue weighted by Crippen LogP contribution is 2.38. The molecule has 0 saturated carbocycles. The summed E-state index contributed by atoms with van der Waals surface area (Å²) in [5.41, 5.74) is 2.22. The molecule has 4 rings (SSSR count). The molecule has 0 fully saturated rings. The number of allylic oxidation sites excluding steroid dienone is 1. The summed E-state index contributed by atoms with van der Waals surface area (Å²) < 4.78 is 20.4. The van der Waals surface area contributed by atoms with Crippen molar-refractivity contribution in [3.05, 3.63) is 58.7 Å². The summed E-state index contributed by atoms with van der Waals surface area (Å²) in [4.78, 5) is 26.6. The first-order valence-corrected chi connectivity index (χ1v) is 12.9. The predicted molar refractivity (Wildman–Crippen MR) is 132 cm³/mol. The van der Waals surface area contributed by atoms with Crippen LogP contribution in [-0.2, 0) is 28.9 Å². The molecule has 1 amide bonds. The molecule has 3 aromatic rings. The number of anilines is 1. The van der Waals surface area contributed by atoms with Gasteiger partial charge in [-0.3, -0.25) is 9.36 Å². The van der Waals surface area contributed by atoms with Gasteiger partial charge in [0.25, 0.3) is 0 Å². The Balaban J connectivity index is 1.50. The van der Waals surface area contributed by atoms with Crippen molar-refractivity contribution in [2.24, 2.45) is 0 Å². The Bertz CT molecular complexity index is 1200. The van der Waals surface area contributed by atoms with Gasteiger partial charge in [0.05, 0.1) is 17.9 Å². The van der Waals surface area contributed by atoms with Gasteiger partial charge in [-0.15, -0.1) is 28.1 Å². The van der Waals surface area contributed by atoms with Crippen molar-refractivity contribution >= 4 is 40.0 Å². The number of rotatable bonds is 9. The zero-order valence-electron chi connectivity index (χ0n) is 18.8. The lowest BCUT2D eigenvalue weighted by atomic mass is 9.95. The van der Waals surface area contributed by atoms with E-state index in [1.807, 2.05) is 4.57 Å². The number of aromatic nitrogens is 3. The van der Waals surface area contributed by atoms with E-state index in [9.17, 15) is 14.0 Å². The number of hydrogen-bond donors (Lipinski definition) is 1. The van der Waals surface area contributed by atoms with Gasteiger partial charge in [-0.2, -0.15) is 0 Å². The Morgan fingerprint density at radius 2 is 2.03 bits per heavy atom. The lowest BCUT2D eigenvalue weighted by Crippen LogP contribution is -2.17. The number of amides is 1. The average Bonchev–Trinajstić information content (AvgIpc) is 3.39. The first-order valence-electron chi connectivity index (χ1n) is 11.1. The van der Waals surface area contributed by atoms with E-state index in [0.717, 1.165) is 41.7 Å². The lowest BCUT2D eigenvalue weighted by Gasteiger charge is -2.12. The van der Waals surface area contributed by atoms with E-state index < -0.39 is 0 Å². The monoisotopic (exact) mass is 500 g/mol. The van der Waals surface area contributed by atoms with Crippen molar-refractivity contribution < 1.29 is 18.7 Å². The Morgan fingerprint density at radius 1 is 1.26 bits per heavy atom. The molecule has 7 nitrogen and oxygen atoms in total. The van der Waals surface area contributed by atoms with Crippen LogP contribution < -0.4 is 5.32 Å². The minimum atomic E-state index is -0.389. The highest BCUT2D eigenvalue weighted by atomic mass is 32.2. The number of nitrogens with one attached hydrogen (secondary N) is 1. The Morgan fingerprint density at radius 3 is 2.76 bits per heavy atom. The summed E-state index contributed by atoms with van der Waals surface area (Å²) >= 11 is 2.70. The third-order valence-corrected chi connectivity index (χ3v) is 7.54. The Hall–Kier alpha value is -2.98. The van der Waals surface area contributed by atoms with Gasteiger partial charge in [0.1, 0.15) is 10.8 Å². The second-order valence-electron chi connectivity index (χ2n) is 7.68. The maximum absolute atomic E-state index is 13.3. The van der Waals surface area contributed by atoms with Crippen LogP contribution >= 0.6 is 23.1 Å². The van der Waals surface area contributed by atoms with E-state index in [4.69, 9.17) is 4.74 Å². The number of halogens is 1. The van der Waals surface area contributed by atoms with Crippen LogP contribution in [-0.4, -0.2) is 39.0 Å². The number of hydrogen-bond acceptors (Lipinski definition) is 7. The first kappa shape index (κ1) is 24.2. The van der Waals surface area contributed by atoms with Gasteiger partial charge in [0.15, 0.2) is 11.0 Å². The van der Waals surface area contributed by atoms with Gasteiger partial charge >= 0.3 is 5.97 Å². The van der Waals surface area contributed by atoms with Crippen molar-refractivity contribution in [3.8, 4) is 11.4 Å². The molecule has 0 saturated heterocycles. The van der Waals surface area contributed by atoms with Crippen molar-refractivity contribution in [1.82, 2.24) is 14.8 Å². The van der Waals surface area contributed by atoms with Crippen LogP contribution in [0.25, 0.3) is 11.4 Å². The molecule has 10 heteroatoms. The molecule has 1 N–H and O–H groups in total. The van der Waals surface area contributed by atoms with Crippen LogP contribution in [0.5, 0.6) is 0 Å². The fourth-order valence-corrected chi connectivity index (χ4v) is 5.91. The van der Waals surface area contributed by atoms with Crippen molar-refractivity contribution in [1.29, 1.82) is 0 Å². The van der Waals surface area contributed by atoms with E-state index >= 15 is 0 Å². The largest absolute Gasteiger partial charge is 0.462 e. The maximum Gasteiger partial charge on any atom is 0.341 e. The average molecular weight is 501 g/mol. The minimum absolute atomic E-state index is 0.0868. The molecular formula is C24H25FN4O3S2. The number of carbonyl (C=O) groups excluding carboxylic acids is 2. The van der Waals surface area contributed by atoms with Crippen LogP contribution in [0.15, 0.2) is 42.1 Å². The highest BCUT2D eigenvalue weighted by molar-refractivity contribution is 7.99. The number of benzene rings is 1. The van der Waals surface area contributed by atoms with Gasteiger partial charge in [0, 0.05) is 17.0 Å². The third kappa shape index (κ3) is 5.23. The SMILES string of the molecule is C=CCn1c(SCC(=O)Nc2sc3c(c2C(=O)OCC)CCCC3)nnc1-c1ccc(F)cc1. The molecule has 1 aliphatic rings. The fourth-order valence-electron chi connectivity index (χ4n) is 3.87. The number of thiophene rings is 1. The summed E-state index contributed by atoms with van der Waals surface area (Å²) in [7, 11) is 0. The summed E-state index contributed by atoms with van der Waals surface area (Å²) in [5, 5.41) is 12.5.